The summed E-state index contributed by atoms with van der Waals surface area (Å²) >= 11 is 5.88. The second kappa shape index (κ2) is 6.89. The van der Waals surface area contributed by atoms with Crippen molar-refractivity contribution in [2.24, 2.45) is 0 Å². The number of nitrogens with one attached hydrogen (secondary N) is 1. The zero-order valence-corrected chi connectivity index (χ0v) is 10.7. The summed E-state index contributed by atoms with van der Waals surface area (Å²) < 4.78 is 0. The molecule has 0 saturated heterocycles. The topological polar surface area (TPSA) is 32.3 Å². The zero-order chi connectivity index (χ0) is 12.0. The third kappa shape index (κ3) is 4.52. The lowest BCUT2D eigenvalue weighted by Crippen LogP contribution is -2.26. The standard InChI is InChI=1S/C13H20ClNO/c1-3-4-13(16)9-15-8-11-5-6-12(14)7-10(11)2/h5-7,13,15-16H,3-4,8-9H2,1-2H3. The molecule has 16 heavy (non-hydrogen) atoms. The maximum absolute atomic E-state index is 9.56. The number of aliphatic hydroxyl groups excluding tert-OH is 1. The van der Waals surface area contributed by atoms with Crippen LogP contribution < -0.4 is 5.32 Å². The average Bonchev–Trinajstić information content (AvgIpc) is 2.22. The van der Waals surface area contributed by atoms with E-state index in [0.29, 0.717) is 6.54 Å². The Balaban J connectivity index is 2.37. The molecule has 1 aromatic rings. The van der Waals surface area contributed by atoms with Crippen LogP contribution in [0.2, 0.25) is 5.02 Å². The van der Waals surface area contributed by atoms with E-state index in [1.807, 2.05) is 25.1 Å². The monoisotopic (exact) mass is 241 g/mol. The lowest BCUT2D eigenvalue weighted by Gasteiger charge is -2.12. The highest BCUT2D eigenvalue weighted by Crippen LogP contribution is 2.14. The first-order chi connectivity index (χ1) is 7.63. The van der Waals surface area contributed by atoms with Crippen LogP contribution >= 0.6 is 11.6 Å². The number of aryl methyl sites for hydroxylation is 1. The third-order valence-electron chi connectivity index (χ3n) is 2.62. The minimum atomic E-state index is -0.238. The van der Waals surface area contributed by atoms with E-state index >= 15 is 0 Å². The fourth-order valence-electron chi connectivity index (χ4n) is 1.67. The molecule has 0 heterocycles. The summed E-state index contributed by atoms with van der Waals surface area (Å²) in [5.74, 6) is 0. The second-order valence-corrected chi connectivity index (χ2v) is 4.58. The molecule has 3 heteroatoms. The smallest absolute Gasteiger partial charge is 0.0664 e. The van der Waals surface area contributed by atoms with Crippen molar-refractivity contribution in [3.63, 3.8) is 0 Å². The van der Waals surface area contributed by atoms with Gasteiger partial charge in [-0.15, -0.1) is 0 Å². The van der Waals surface area contributed by atoms with Crippen molar-refractivity contribution >= 4 is 11.6 Å². The molecule has 1 rings (SSSR count). The van der Waals surface area contributed by atoms with E-state index in [4.69, 9.17) is 11.6 Å². The van der Waals surface area contributed by atoms with E-state index < -0.39 is 0 Å². The molecule has 0 bridgehead atoms. The summed E-state index contributed by atoms with van der Waals surface area (Å²) in [6.07, 6.45) is 1.63. The van der Waals surface area contributed by atoms with Gasteiger partial charge in [0.1, 0.15) is 0 Å². The Bertz CT molecular complexity index is 328. The van der Waals surface area contributed by atoms with Gasteiger partial charge in [-0.1, -0.05) is 31.0 Å². The maximum Gasteiger partial charge on any atom is 0.0664 e. The van der Waals surface area contributed by atoms with Gasteiger partial charge in [-0.3, -0.25) is 0 Å². The van der Waals surface area contributed by atoms with E-state index in [2.05, 4.69) is 12.2 Å². The Morgan fingerprint density at radius 2 is 2.19 bits per heavy atom. The fourth-order valence-corrected chi connectivity index (χ4v) is 1.89. The predicted octanol–water partition coefficient (Wildman–Crippen LogP) is 2.90. The lowest BCUT2D eigenvalue weighted by molar-refractivity contribution is 0.160. The number of benzene rings is 1. The average molecular weight is 242 g/mol. The molecule has 2 N–H and O–H groups in total. The van der Waals surface area contributed by atoms with Crippen LogP contribution in [0.25, 0.3) is 0 Å². The minimum Gasteiger partial charge on any atom is -0.392 e. The highest BCUT2D eigenvalue weighted by atomic mass is 35.5. The van der Waals surface area contributed by atoms with E-state index in [1.165, 1.54) is 11.1 Å². The molecule has 0 aliphatic rings. The van der Waals surface area contributed by atoms with Crippen LogP contribution in [0.5, 0.6) is 0 Å². The van der Waals surface area contributed by atoms with Crippen molar-refractivity contribution in [3.05, 3.63) is 34.3 Å². The maximum atomic E-state index is 9.56. The molecule has 1 atom stereocenters. The zero-order valence-electron chi connectivity index (χ0n) is 9.96. The molecular formula is C13H20ClNO. The molecule has 1 unspecified atom stereocenters. The fraction of sp³-hybridized carbons (Fsp3) is 0.538. The van der Waals surface area contributed by atoms with E-state index in [1.54, 1.807) is 0 Å². The van der Waals surface area contributed by atoms with Crippen molar-refractivity contribution < 1.29 is 5.11 Å². The van der Waals surface area contributed by atoms with Crippen molar-refractivity contribution in [1.82, 2.24) is 5.32 Å². The van der Waals surface area contributed by atoms with Crippen LogP contribution in [0.3, 0.4) is 0 Å². The molecule has 90 valence electrons. The normalized spacial score (nSPS) is 12.8. The molecule has 2 nitrogen and oxygen atoms in total. The first-order valence-corrected chi connectivity index (χ1v) is 6.15. The van der Waals surface area contributed by atoms with Gasteiger partial charge in [0.15, 0.2) is 0 Å². The van der Waals surface area contributed by atoms with Crippen molar-refractivity contribution in [2.45, 2.75) is 39.3 Å². The summed E-state index contributed by atoms with van der Waals surface area (Å²) in [7, 11) is 0. The summed E-state index contributed by atoms with van der Waals surface area (Å²) in [6, 6.07) is 5.88. The van der Waals surface area contributed by atoms with E-state index in [-0.39, 0.29) is 6.10 Å². The van der Waals surface area contributed by atoms with Gasteiger partial charge in [0.25, 0.3) is 0 Å². The molecule has 0 radical (unpaired) electrons. The number of halogens is 1. The molecule has 0 aromatic heterocycles. The molecule has 1 aromatic carbocycles. The summed E-state index contributed by atoms with van der Waals surface area (Å²) in [5.41, 5.74) is 2.41. The van der Waals surface area contributed by atoms with Gasteiger partial charge in [-0.2, -0.15) is 0 Å². The van der Waals surface area contributed by atoms with Gasteiger partial charge in [0, 0.05) is 18.1 Å². The summed E-state index contributed by atoms with van der Waals surface area (Å²) in [6.45, 7) is 5.55. The van der Waals surface area contributed by atoms with Crippen LogP contribution in [-0.2, 0) is 6.54 Å². The minimum absolute atomic E-state index is 0.238. The van der Waals surface area contributed by atoms with Crippen LogP contribution in [0.1, 0.15) is 30.9 Å². The molecule has 0 fully saturated rings. The third-order valence-corrected chi connectivity index (χ3v) is 2.86. The quantitative estimate of drug-likeness (QED) is 0.803. The lowest BCUT2D eigenvalue weighted by atomic mass is 10.1. The Morgan fingerprint density at radius 3 is 2.81 bits per heavy atom. The molecular weight excluding hydrogens is 222 g/mol. The number of hydrogen-bond acceptors (Lipinski definition) is 2. The van der Waals surface area contributed by atoms with Crippen LogP contribution in [0.4, 0.5) is 0 Å². The summed E-state index contributed by atoms with van der Waals surface area (Å²) in [4.78, 5) is 0. The van der Waals surface area contributed by atoms with Gasteiger partial charge >= 0.3 is 0 Å². The predicted molar refractivity (Wildman–Crippen MR) is 68.8 cm³/mol. The van der Waals surface area contributed by atoms with E-state index in [0.717, 1.165) is 24.4 Å². The Hall–Kier alpha value is -0.570. The summed E-state index contributed by atoms with van der Waals surface area (Å²) in [5, 5.41) is 13.6. The number of aliphatic hydroxyl groups is 1. The first kappa shape index (κ1) is 13.5. The largest absolute Gasteiger partial charge is 0.392 e. The highest BCUT2D eigenvalue weighted by molar-refractivity contribution is 6.30. The van der Waals surface area contributed by atoms with E-state index in [9.17, 15) is 5.11 Å². The molecule has 0 amide bonds. The van der Waals surface area contributed by atoms with Crippen LogP contribution in [-0.4, -0.2) is 17.8 Å². The second-order valence-electron chi connectivity index (χ2n) is 4.14. The first-order valence-electron chi connectivity index (χ1n) is 5.77. The van der Waals surface area contributed by atoms with Gasteiger partial charge in [-0.05, 0) is 36.6 Å². The molecule has 0 aliphatic heterocycles. The molecule has 0 spiro atoms. The van der Waals surface area contributed by atoms with Gasteiger partial charge in [0.05, 0.1) is 6.10 Å². The highest BCUT2D eigenvalue weighted by Gasteiger charge is 2.03. The van der Waals surface area contributed by atoms with Crippen LogP contribution in [0, 0.1) is 6.92 Å². The Kier molecular flexibility index (Phi) is 5.81. The van der Waals surface area contributed by atoms with Gasteiger partial charge < -0.3 is 10.4 Å². The van der Waals surface area contributed by atoms with Crippen molar-refractivity contribution in [3.8, 4) is 0 Å². The Labute approximate surface area is 103 Å². The van der Waals surface area contributed by atoms with Crippen molar-refractivity contribution in [2.75, 3.05) is 6.54 Å². The Morgan fingerprint density at radius 1 is 1.44 bits per heavy atom. The van der Waals surface area contributed by atoms with Crippen molar-refractivity contribution in [1.29, 1.82) is 0 Å². The number of rotatable bonds is 6. The molecule has 0 aliphatic carbocycles. The van der Waals surface area contributed by atoms with Gasteiger partial charge in [-0.25, -0.2) is 0 Å². The SMILES string of the molecule is CCCC(O)CNCc1ccc(Cl)cc1C. The molecule has 0 saturated carbocycles. The number of hydrogen-bond donors (Lipinski definition) is 2. The van der Waals surface area contributed by atoms with Crippen LogP contribution in [0.15, 0.2) is 18.2 Å². The van der Waals surface area contributed by atoms with Gasteiger partial charge in [0.2, 0.25) is 0 Å².